The first kappa shape index (κ1) is 26.9. The molecule has 1 N–H and O–H groups in total. The van der Waals surface area contributed by atoms with Crippen molar-refractivity contribution in [3.8, 4) is 0 Å². The number of benzene rings is 2. The van der Waals surface area contributed by atoms with E-state index < -0.39 is 28.5 Å². The van der Waals surface area contributed by atoms with E-state index in [1.807, 2.05) is 45.0 Å². The Kier molecular flexibility index (Phi) is 9.91. The van der Waals surface area contributed by atoms with Gasteiger partial charge in [-0.25, -0.2) is 8.42 Å². The summed E-state index contributed by atoms with van der Waals surface area (Å²) in [6.07, 6.45) is 2.25. The molecule has 2 amide bonds. The zero-order valence-electron chi connectivity index (χ0n) is 19.5. The Labute approximate surface area is 205 Å². The minimum absolute atomic E-state index is 0.205. The molecule has 0 aliphatic carbocycles. The number of amides is 2. The summed E-state index contributed by atoms with van der Waals surface area (Å²) in [7, 11) is -3.74. The van der Waals surface area contributed by atoms with Crippen molar-refractivity contribution in [3.05, 3.63) is 64.1 Å². The van der Waals surface area contributed by atoms with Crippen molar-refractivity contribution in [2.45, 2.75) is 46.2 Å². The smallest absolute Gasteiger partial charge is 0.244 e. The Morgan fingerprint density at radius 3 is 2.30 bits per heavy atom. The summed E-state index contributed by atoms with van der Waals surface area (Å²) in [5.41, 5.74) is 2.30. The SMILES string of the molecule is CCCNC(=O)[C@@H](CC)N(Cc1cccc(C)c1)C(=O)CN(c1ccc(Br)cc1)S(C)(=O)=O. The zero-order valence-corrected chi connectivity index (χ0v) is 21.9. The lowest BCUT2D eigenvalue weighted by atomic mass is 10.1. The van der Waals surface area contributed by atoms with Gasteiger partial charge in [-0.3, -0.25) is 13.9 Å². The number of sulfonamides is 1. The Morgan fingerprint density at radius 2 is 1.76 bits per heavy atom. The van der Waals surface area contributed by atoms with Gasteiger partial charge in [0.15, 0.2) is 0 Å². The second-order valence-corrected chi connectivity index (χ2v) is 10.8. The third kappa shape index (κ3) is 7.85. The van der Waals surface area contributed by atoms with Crippen LogP contribution in [0, 0.1) is 6.92 Å². The van der Waals surface area contributed by atoms with E-state index >= 15 is 0 Å². The van der Waals surface area contributed by atoms with Crippen LogP contribution in [0.3, 0.4) is 0 Å². The second kappa shape index (κ2) is 12.2. The van der Waals surface area contributed by atoms with Crippen LogP contribution in [0.4, 0.5) is 5.69 Å². The predicted octanol–water partition coefficient (Wildman–Crippen LogP) is 3.86. The minimum Gasteiger partial charge on any atom is -0.354 e. The summed E-state index contributed by atoms with van der Waals surface area (Å²) in [5, 5.41) is 2.87. The quantitative estimate of drug-likeness (QED) is 0.471. The van der Waals surface area contributed by atoms with Crippen molar-refractivity contribution in [2.24, 2.45) is 0 Å². The maximum absolute atomic E-state index is 13.5. The first-order valence-corrected chi connectivity index (χ1v) is 13.6. The van der Waals surface area contributed by atoms with Crippen LogP contribution >= 0.6 is 15.9 Å². The van der Waals surface area contributed by atoms with Crippen molar-refractivity contribution < 1.29 is 18.0 Å². The van der Waals surface area contributed by atoms with Crippen molar-refractivity contribution in [2.75, 3.05) is 23.7 Å². The van der Waals surface area contributed by atoms with Gasteiger partial charge in [-0.1, -0.05) is 59.6 Å². The highest BCUT2D eigenvalue weighted by molar-refractivity contribution is 9.10. The fourth-order valence-electron chi connectivity index (χ4n) is 3.51. The van der Waals surface area contributed by atoms with Crippen LogP contribution in [0.2, 0.25) is 0 Å². The molecule has 0 aliphatic heterocycles. The fourth-order valence-corrected chi connectivity index (χ4v) is 4.63. The number of hydrogen-bond donors (Lipinski definition) is 1. The highest BCUT2D eigenvalue weighted by Crippen LogP contribution is 2.22. The van der Waals surface area contributed by atoms with Crippen LogP contribution in [0.1, 0.15) is 37.8 Å². The van der Waals surface area contributed by atoms with Crippen LogP contribution < -0.4 is 9.62 Å². The molecule has 180 valence electrons. The molecule has 0 saturated heterocycles. The van der Waals surface area contributed by atoms with Gasteiger partial charge in [0.25, 0.3) is 0 Å². The highest BCUT2D eigenvalue weighted by atomic mass is 79.9. The molecule has 0 bridgehead atoms. The normalized spacial score (nSPS) is 12.2. The van der Waals surface area contributed by atoms with Crippen LogP contribution in [0.5, 0.6) is 0 Å². The van der Waals surface area contributed by atoms with Crippen LogP contribution in [0.25, 0.3) is 0 Å². The number of nitrogens with one attached hydrogen (secondary N) is 1. The van der Waals surface area contributed by atoms with Gasteiger partial charge in [0.05, 0.1) is 11.9 Å². The fraction of sp³-hybridized carbons (Fsp3) is 0.417. The standard InChI is InChI=1S/C24H32BrN3O4S/c1-5-14-26-24(30)22(6-2)27(16-19-9-7-8-18(3)15-19)23(29)17-28(33(4,31)32)21-12-10-20(25)11-13-21/h7-13,15,22H,5-6,14,16-17H2,1-4H3,(H,26,30)/t22-/m1/s1. The van der Waals surface area contributed by atoms with E-state index in [1.54, 1.807) is 24.3 Å². The minimum atomic E-state index is -3.74. The summed E-state index contributed by atoms with van der Waals surface area (Å²) in [4.78, 5) is 27.9. The molecule has 0 radical (unpaired) electrons. The second-order valence-electron chi connectivity index (χ2n) is 7.97. The van der Waals surface area contributed by atoms with Gasteiger partial charge in [-0.15, -0.1) is 0 Å². The van der Waals surface area contributed by atoms with E-state index in [4.69, 9.17) is 0 Å². The summed E-state index contributed by atoms with van der Waals surface area (Å²) in [5.74, 6) is -0.682. The predicted molar refractivity (Wildman–Crippen MR) is 135 cm³/mol. The lowest BCUT2D eigenvalue weighted by molar-refractivity contribution is -0.140. The van der Waals surface area contributed by atoms with Crippen molar-refractivity contribution in [1.29, 1.82) is 0 Å². The molecule has 9 heteroatoms. The number of aryl methyl sites for hydroxylation is 1. The lowest BCUT2D eigenvalue weighted by Crippen LogP contribution is -2.52. The summed E-state index contributed by atoms with van der Waals surface area (Å²) < 4.78 is 27.0. The van der Waals surface area contributed by atoms with Crippen molar-refractivity contribution in [1.82, 2.24) is 10.2 Å². The molecular formula is C24H32BrN3O4S. The Hall–Kier alpha value is -2.39. The molecule has 0 spiro atoms. The Bertz CT molecular complexity index is 1060. The van der Waals surface area contributed by atoms with Crippen molar-refractivity contribution in [3.63, 3.8) is 0 Å². The number of halogens is 1. The van der Waals surface area contributed by atoms with Gasteiger partial charge in [0.1, 0.15) is 12.6 Å². The molecule has 7 nitrogen and oxygen atoms in total. The largest absolute Gasteiger partial charge is 0.354 e. The molecule has 0 fully saturated rings. The lowest BCUT2D eigenvalue weighted by Gasteiger charge is -2.33. The third-order valence-electron chi connectivity index (χ3n) is 5.16. The van der Waals surface area contributed by atoms with E-state index in [-0.39, 0.29) is 12.5 Å². The molecule has 0 unspecified atom stereocenters. The number of anilines is 1. The molecule has 0 heterocycles. The molecule has 0 saturated carbocycles. The number of nitrogens with zero attached hydrogens (tertiary/aromatic N) is 2. The highest BCUT2D eigenvalue weighted by Gasteiger charge is 2.31. The van der Waals surface area contributed by atoms with Crippen molar-refractivity contribution >= 4 is 43.5 Å². The Morgan fingerprint density at radius 1 is 1.09 bits per heavy atom. The average Bonchev–Trinajstić information content (AvgIpc) is 2.75. The monoisotopic (exact) mass is 537 g/mol. The topological polar surface area (TPSA) is 86.8 Å². The molecule has 2 aromatic carbocycles. The van der Waals surface area contributed by atoms with Gasteiger partial charge in [0, 0.05) is 17.6 Å². The first-order chi connectivity index (χ1) is 15.6. The molecule has 0 aromatic heterocycles. The van der Waals surface area contributed by atoms with E-state index in [1.165, 1.54) is 4.90 Å². The number of rotatable bonds is 11. The van der Waals surface area contributed by atoms with Gasteiger partial charge >= 0.3 is 0 Å². The van der Waals surface area contributed by atoms with Crippen LogP contribution in [-0.4, -0.2) is 50.5 Å². The van der Waals surface area contributed by atoms with E-state index in [9.17, 15) is 18.0 Å². The molecular weight excluding hydrogens is 506 g/mol. The maximum Gasteiger partial charge on any atom is 0.244 e. The summed E-state index contributed by atoms with van der Waals surface area (Å²) >= 11 is 3.34. The molecule has 1 atom stereocenters. The van der Waals surface area contributed by atoms with E-state index in [0.29, 0.717) is 18.7 Å². The van der Waals surface area contributed by atoms with Crippen LogP contribution in [0.15, 0.2) is 53.0 Å². The zero-order chi connectivity index (χ0) is 24.6. The third-order valence-corrected chi connectivity index (χ3v) is 6.83. The first-order valence-electron chi connectivity index (χ1n) is 10.9. The number of carbonyl (C=O) groups excluding carboxylic acids is 2. The molecule has 2 aromatic rings. The number of hydrogen-bond acceptors (Lipinski definition) is 4. The summed E-state index contributed by atoms with van der Waals surface area (Å²) in [6.45, 7) is 6.07. The van der Waals surface area contributed by atoms with Crippen LogP contribution in [-0.2, 0) is 26.2 Å². The van der Waals surface area contributed by atoms with Gasteiger partial charge in [-0.05, 0) is 49.6 Å². The Balaban J connectivity index is 2.41. The van der Waals surface area contributed by atoms with Gasteiger partial charge in [-0.2, -0.15) is 0 Å². The summed E-state index contributed by atoms with van der Waals surface area (Å²) in [6, 6.07) is 13.7. The molecule has 0 aliphatic rings. The van der Waals surface area contributed by atoms with Gasteiger partial charge in [0.2, 0.25) is 21.8 Å². The average molecular weight is 539 g/mol. The van der Waals surface area contributed by atoms with E-state index in [0.717, 1.165) is 32.6 Å². The molecule has 2 rings (SSSR count). The van der Waals surface area contributed by atoms with Gasteiger partial charge < -0.3 is 10.2 Å². The number of carbonyl (C=O) groups is 2. The van der Waals surface area contributed by atoms with E-state index in [2.05, 4.69) is 21.2 Å². The maximum atomic E-state index is 13.5. The molecule has 33 heavy (non-hydrogen) atoms.